The number of hydrogen-bond acceptors (Lipinski definition) is 4. The van der Waals surface area contributed by atoms with Crippen LogP contribution in [0.3, 0.4) is 0 Å². The third kappa shape index (κ3) is 2.89. The lowest BCUT2D eigenvalue weighted by molar-refractivity contribution is -0.130. The van der Waals surface area contributed by atoms with Crippen molar-refractivity contribution >= 4 is 11.8 Å². The first-order valence-corrected chi connectivity index (χ1v) is 6.56. The molecule has 1 aromatic heterocycles. The van der Waals surface area contributed by atoms with Crippen molar-refractivity contribution in [2.45, 2.75) is 26.8 Å². The van der Waals surface area contributed by atoms with E-state index in [-0.39, 0.29) is 18.4 Å². The molecule has 1 fully saturated rings. The van der Waals surface area contributed by atoms with E-state index < -0.39 is 0 Å². The topological polar surface area (TPSA) is 71.5 Å². The van der Waals surface area contributed by atoms with Crippen LogP contribution in [-0.2, 0) is 16.1 Å². The van der Waals surface area contributed by atoms with Crippen molar-refractivity contribution in [2.75, 3.05) is 20.2 Å². The summed E-state index contributed by atoms with van der Waals surface area (Å²) in [5.41, 5.74) is 2.70. The fourth-order valence-electron chi connectivity index (χ4n) is 2.31. The third-order valence-corrected chi connectivity index (χ3v) is 3.49. The molecule has 0 saturated carbocycles. The van der Waals surface area contributed by atoms with Crippen LogP contribution < -0.4 is 10.1 Å². The number of nitrogens with one attached hydrogen (secondary N) is 1. The SMILES string of the molecule is COc1c(C)cnc(CN2CCC(=O)NCC2=O)c1C. The average molecular weight is 277 g/mol. The number of aromatic nitrogens is 1. The lowest BCUT2D eigenvalue weighted by atomic mass is 10.1. The lowest BCUT2D eigenvalue weighted by Crippen LogP contribution is -2.35. The molecule has 0 aromatic carbocycles. The Labute approximate surface area is 118 Å². The monoisotopic (exact) mass is 277 g/mol. The zero-order chi connectivity index (χ0) is 14.7. The minimum Gasteiger partial charge on any atom is -0.496 e. The quantitative estimate of drug-likeness (QED) is 0.876. The van der Waals surface area contributed by atoms with Crippen molar-refractivity contribution in [3.63, 3.8) is 0 Å². The Morgan fingerprint density at radius 1 is 1.40 bits per heavy atom. The summed E-state index contributed by atoms with van der Waals surface area (Å²) in [5, 5.41) is 2.58. The van der Waals surface area contributed by atoms with Crippen molar-refractivity contribution in [2.24, 2.45) is 0 Å². The number of carbonyl (C=O) groups is 2. The van der Waals surface area contributed by atoms with Crippen LogP contribution in [0.25, 0.3) is 0 Å². The van der Waals surface area contributed by atoms with Crippen LogP contribution in [0.1, 0.15) is 23.2 Å². The molecule has 108 valence electrons. The maximum Gasteiger partial charge on any atom is 0.242 e. The first-order chi connectivity index (χ1) is 9.52. The fourth-order valence-corrected chi connectivity index (χ4v) is 2.31. The molecule has 1 aliphatic heterocycles. The van der Waals surface area contributed by atoms with Crippen LogP contribution in [0.4, 0.5) is 0 Å². The van der Waals surface area contributed by atoms with Gasteiger partial charge in [-0.1, -0.05) is 0 Å². The van der Waals surface area contributed by atoms with Crippen molar-refractivity contribution in [1.29, 1.82) is 0 Å². The van der Waals surface area contributed by atoms with Crippen LogP contribution in [-0.4, -0.2) is 41.9 Å². The number of hydrogen-bond donors (Lipinski definition) is 1. The predicted octanol–water partition coefficient (Wildman–Crippen LogP) is 0.556. The van der Waals surface area contributed by atoms with E-state index in [1.165, 1.54) is 0 Å². The second-order valence-corrected chi connectivity index (χ2v) is 4.89. The molecular formula is C14H19N3O3. The molecule has 0 bridgehead atoms. The second kappa shape index (κ2) is 5.90. The lowest BCUT2D eigenvalue weighted by Gasteiger charge is -2.21. The molecule has 6 nitrogen and oxygen atoms in total. The predicted molar refractivity (Wildman–Crippen MR) is 73.3 cm³/mol. The Bertz CT molecular complexity index is 543. The van der Waals surface area contributed by atoms with Crippen LogP contribution in [0, 0.1) is 13.8 Å². The molecule has 1 N–H and O–H groups in total. The number of ether oxygens (including phenoxy) is 1. The summed E-state index contributed by atoms with van der Waals surface area (Å²) in [6, 6.07) is 0. The highest BCUT2D eigenvalue weighted by Crippen LogP contribution is 2.24. The van der Waals surface area contributed by atoms with Crippen molar-refractivity contribution in [3.8, 4) is 5.75 Å². The molecule has 0 unspecified atom stereocenters. The smallest absolute Gasteiger partial charge is 0.242 e. The molecule has 6 heteroatoms. The highest BCUT2D eigenvalue weighted by molar-refractivity contribution is 5.87. The standard InChI is InChI=1S/C14H19N3O3/c1-9-6-15-11(10(2)14(9)20-3)8-17-5-4-12(18)16-7-13(17)19/h6H,4-5,7-8H2,1-3H3,(H,16,18). The van der Waals surface area contributed by atoms with Gasteiger partial charge in [-0.25, -0.2) is 0 Å². The first-order valence-electron chi connectivity index (χ1n) is 6.56. The fraction of sp³-hybridized carbons (Fsp3) is 0.500. The number of aryl methyl sites for hydroxylation is 1. The van der Waals surface area contributed by atoms with Gasteiger partial charge in [0.05, 0.1) is 25.9 Å². The summed E-state index contributed by atoms with van der Waals surface area (Å²) < 4.78 is 5.36. The van der Waals surface area contributed by atoms with E-state index in [1.807, 2.05) is 13.8 Å². The maximum absolute atomic E-state index is 11.9. The van der Waals surface area contributed by atoms with E-state index in [1.54, 1.807) is 18.2 Å². The van der Waals surface area contributed by atoms with E-state index in [4.69, 9.17) is 4.74 Å². The van der Waals surface area contributed by atoms with Crippen LogP contribution in [0.15, 0.2) is 6.20 Å². The summed E-state index contributed by atoms with van der Waals surface area (Å²) in [6.07, 6.45) is 2.07. The highest BCUT2D eigenvalue weighted by atomic mass is 16.5. The third-order valence-electron chi connectivity index (χ3n) is 3.49. The largest absolute Gasteiger partial charge is 0.496 e. The first kappa shape index (κ1) is 14.3. The highest BCUT2D eigenvalue weighted by Gasteiger charge is 2.22. The van der Waals surface area contributed by atoms with Gasteiger partial charge in [-0.05, 0) is 13.8 Å². The Morgan fingerprint density at radius 2 is 2.15 bits per heavy atom. The van der Waals surface area contributed by atoms with Gasteiger partial charge in [-0.15, -0.1) is 0 Å². The van der Waals surface area contributed by atoms with E-state index in [2.05, 4.69) is 10.3 Å². The minimum atomic E-state index is -0.0907. The van der Waals surface area contributed by atoms with E-state index >= 15 is 0 Å². The van der Waals surface area contributed by atoms with Crippen molar-refractivity contribution < 1.29 is 14.3 Å². The van der Waals surface area contributed by atoms with Gasteiger partial charge in [0.25, 0.3) is 0 Å². The van der Waals surface area contributed by atoms with Crippen molar-refractivity contribution in [1.82, 2.24) is 15.2 Å². The number of nitrogens with zero attached hydrogens (tertiary/aromatic N) is 2. The number of methoxy groups -OCH3 is 1. The van der Waals surface area contributed by atoms with Crippen molar-refractivity contribution in [3.05, 3.63) is 23.0 Å². The molecule has 2 heterocycles. The molecule has 0 radical (unpaired) electrons. The molecule has 1 saturated heterocycles. The molecule has 2 amide bonds. The summed E-state index contributed by atoms with van der Waals surface area (Å²) in [6.45, 7) is 4.74. The van der Waals surface area contributed by atoms with Gasteiger partial charge >= 0.3 is 0 Å². The number of pyridine rings is 1. The van der Waals surface area contributed by atoms with Gasteiger partial charge in [-0.2, -0.15) is 0 Å². The van der Waals surface area contributed by atoms with Gasteiger partial charge < -0.3 is 15.0 Å². The second-order valence-electron chi connectivity index (χ2n) is 4.89. The molecule has 0 spiro atoms. The van der Waals surface area contributed by atoms with Gasteiger partial charge in [0.2, 0.25) is 11.8 Å². The number of amides is 2. The molecular weight excluding hydrogens is 258 g/mol. The zero-order valence-electron chi connectivity index (χ0n) is 12.0. The van der Waals surface area contributed by atoms with E-state index in [9.17, 15) is 9.59 Å². The molecule has 1 aliphatic rings. The molecule has 1 aromatic rings. The molecule has 20 heavy (non-hydrogen) atoms. The number of rotatable bonds is 3. The number of carbonyl (C=O) groups excluding carboxylic acids is 2. The van der Waals surface area contributed by atoms with Gasteiger partial charge in [0, 0.05) is 30.3 Å². The summed E-state index contributed by atoms with van der Waals surface area (Å²) in [7, 11) is 1.62. The minimum absolute atomic E-state index is 0.0564. The van der Waals surface area contributed by atoms with Gasteiger partial charge in [0.15, 0.2) is 0 Å². The molecule has 2 rings (SSSR count). The maximum atomic E-state index is 11.9. The van der Waals surface area contributed by atoms with Crippen LogP contribution in [0.5, 0.6) is 5.75 Å². The summed E-state index contributed by atoms with van der Waals surface area (Å²) in [5.74, 6) is 0.620. The molecule has 0 atom stereocenters. The van der Waals surface area contributed by atoms with Crippen LogP contribution in [0.2, 0.25) is 0 Å². The molecule has 0 aliphatic carbocycles. The Kier molecular flexibility index (Phi) is 4.22. The average Bonchev–Trinajstić information content (AvgIpc) is 2.57. The normalized spacial score (nSPS) is 15.8. The zero-order valence-corrected chi connectivity index (χ0v) is 12.0. The Hall–Kier alpha value is -2.11. The summed E-state index contributed by atoms with van der Waals surface area (Å²) in [4.78, 5) is 29.3. The van der Waals surface area contributed by atoms with Gasteiger partial charge in [-0.3, -0.25) is 14.6 Å². The van der Waals surface area contributed by atoms with E-state index in [0.29, 0.717) is 19.5 Å². The Morgan fingerprint density at radius 3 is 2.85 bits per heavy atom. The van der Waals surface area contributed by atoms with E-state index in [0.717, 1.165) is 22.6 Å². The summed E-state index contributed by atoms with van der Waals surface area (Å²) >= 11 is 0. The van der Waals surface area contributed by atoms with Crippen LogP contribution >= 0.6 is 0 Å². The Balaban J connectivity index is 2.21. The van der Waals surface area contributed by atoms with Gasteiger partial charge in [0.1, 0.15) is 5.75 Å².